The average molecular weight is 399 g/mol. The van der Waals surface area contributed by atoms with Crippen LogP contribution >= 0.6 is 0 Å². The Bertz CT molecular complexity index is 1020. The summed E-state index contributed by atoms with van der Waals surface area (Å²) in [5, 5.41) is 3.45. The molecule has 5 nitrogen and oxygen atoms in total. The molecule has 0 unspecified atom stereocenters. The SMILES string of the molecule is O=C(c1ccc(NC[C@H]2CCN(c3ccccc3)C2)nc1)N1CCc2ccccc21. The van der Waals surface area contributed by atoms with Gasteiger partial charge in [-0.25, -0.2) is 4.98 Å². The van der Waals surface area contributed by atoms with Crippen LogP contribution in [0.5, 0.6) is 0 Å². The molecule has 152 valence electrons. The maximum Gasteiger partial charge on any atom is 0.259 e. The van der Waals surface area contributed by atoms with Gasteiger partial charge in [0.25, 0.3) is 5.91 Å². The summed E-state index contributed by atoms with van der Waals surface area (Å²) in [6.07, 6.45) is 3.78. The van der Waals surface area contributed by atoms with E-state index in [0.29, 0.717) is 11.5 Å². The third kappa shape index (κ3) is 3.75. The lowest BCUT2D eigenvalue weighted by Crippen LogP contribution is -2.29. The Morgan fingerprint density at radius 1 is 1.00 bits per heavy atom. The molecule has 3 aromatic rings. The molecule has 2 aromatic carbocycles. The summed E-state index contributed by atoms with van der Waals surface area (Å²) < 4.78 is 0. The molecule has 1 saturated heterocycles. The lowest BCUT2D eigenvalue weighted by atomic mass is 10.1. The molecule has 5 rings (SSSR count). The number of hydrogen-bond acceptors (Lipinski definition) is 4. The van der Waals surface area contributed by atoms with Crippen LogP contribution in [0.3, 0.4) is 0 Å². The first-order valence-corrected chi connectivity index (χ1v) is 10.7. The van der Waals surface area contributed by atoms with Crippen LogP contribution in [0, 0.1) is 5.92 Å². The van der Waals surface area contributed by atoms with Gasteiger partial charge in [0, 0.05) is 43.8 Å². The number of aromatic nitrogens is 1. The van der Waals surface area contributed by atoms with E-state index < -0.39 is 0 Å². The monoisotopic (exact) mass is 398 g/mol. The van der Waals surface area contributed by atoms with Gasteiger partial charge in [0.1, 0.15) is 5.82 Å². The summed E-state index contributed by atoms with van der Waals surface area (Å²) in [7, 11) is 0. The standard InChI is InChI=1S/C25H26N4O/c30-25(29-15-13-20-6-4-5-9-23(20)29)21-10-11-24(27-17-21)26-16-19-12-14-28(18-19)22-7-2-1-3-8-22/h1-11,17,19H,12-16,18H2,(H,26,27)/t19-/m1/s1. The minimum atomic E-state index is 0.0216. The van der Waals surface area contributed by atoms with Crippen LogP contribution in [0.1, 0.15) is 22.3 Å². The van der Waals surface area contributed by atoms with E-state index >= 15 is 0 Å². The number of benzene rings is 2. The van der Waals surface area contributed by atoms with Gasteiger partial charge in [0.2, 0.25) is 0 Å². The molecule has 0 saturated carbocycles. The van der Waals surface area contributed by atoms with E-state index in [4.69, 9.17) is 0 Å². The van der Waals surface area contributed by atoms with E-state index in [1.807, 2.05) is 35.2 Å². The first-order chi connectivity index (χ1) is 14.8. The Labute approximate surface area is 177 Å². The van der Waals surface area contributed by atoms with E-state index in [1.54, 1.807) is 6.20 Å². The highest BCUT2D eigenvalue weighted by molar-refractivity contribution is 6.07. The van der Waals surface area contributed by atoms with E-state index in [9.17, 15) is 4.79 Å². The number of hydrogen-bond donors (Lipinski definition) is 1. The molecule has 1 atom stereocenters. The minimum absolute atomic E-state index is 0.0216. The summed E-state index contributed by atoms with van der Waals surface area (Å²) >= 11 is 0. The van der Waals surface area contributed by atoms with Crippen LogP contribution in [-0.4, -0.2) is 37.1 Å². The zero-order valence-corrected chi connectivity index (χ0v) is 17.0. The van der Waals surface area contributed by atoms with Crippen LogP contribution < -0.4 is 15.1 Å². The number of anilines is 3. The van der Waals surface area contributed by atoms with Crippen molar-refractivity contribution in [2.75, 3.05) is 41.3 Å². The molecule has 5 heteroatoms. The zero-order chi connectivity index (χ0) is 20.3. The van der Waals surface area contributed by atoms with Gasteiger partial charge >= 0.3 is 0 Å². The number of pyridine rings is 1. The molecule has 3 heterocycles. The molecule has 1 N–H and O–H groups in total. The topological polar surface area (TPSA) is 48.5 Å². The van der Waals surface area contributed by atoms with E-state index in [0.717, 1.165) is 44.1 Å². The van der Waals surface area contributed by atoms with Crippen LogP contribution in [0.15, 0.2) is 72.9 Å². The Morgan fingerprint density at radius 3 is 2.67 bits per heavy atom. The number of nitrogens with zero attached hydrogens (tertiary/aromatic N) is 3. The van der Waals surface area contributed by atoms with Gasteiger partial charge in [-0.3, -0.25) is 4.79 Å². The van der Waals surface area contributed by atoms with E-state index in [2.05, 4.69) is 51.6 Å². The molecule has 0 aliphatic carbocycles. The number of rotatable bonds is 5. The van der Waals surface area contributed by atoms with Crippen molar-refractivity contribution in [3.05, 3.63) is 84.1 Å². The summed E-state index contributed by atoms with van der Waals surface area (Å²) in [6.45, 7) is 3.78. The maximum atomic E-state index is 12.9. The predicted molar refractivity (Wildman–Crippen MR) is 121 cm³/mol. The number of amides is 1. The molecular weight excluding hydrogens is 372 g/mol. The fraction of sp³-hybridized carbons (Fsp3) is 0.280. The lowest BCUT2D eigenvalue weighted by molar-refractivity contribution is 0.0989. The zero-order valence-electron chi connectivity index (χ0n) is 17.0. The van der Waals surface area contributed by atoms with Crippen molar-refractivity contribution in [3.8, 4) is 0 Å². The predicted octanol–water partition coefficient (Wildman–Crippen LogP) is 4.22. The van der Waals surface area contributed by atoms with Gasteiger partial charge < -0.3 is 15.1 Å². The molecular formula is C25H26N4O. The summed E-state index contributed by atoms with van der Waals surface area (Å²) in [6, 6.07) is 22.5. The largest absolute Gasteiger partial charge is 0.371 e. The van der Waals surface area contributed by atoms with Crippen LogP contribution in [0.4, 0.5) is 17.2 Å². The van der Waals surface area contributed by atoms with Crippen LogP contribution in [0.25, 0.3) is 0 Å². The smallest absolute Gasteiger partial charge is 0.259 e. The third-order valence-corrected chi connectivity index (χ3v) is 6.12. The van der Waals surface area contributed by atoms with Gasteiger partial charge in [-0.15, -0.1) is 0 Å². The third-order valence-electron chi connectivity index (χ3n) is 6.12. The van der Waals surface area contributed by atoms with Crippen molar-refractivity contribution < 1.29 is 4.79 Å². The minimum Gasteiger partial charge on any atom is -0.371 e. The molecule has 2 aliphatic heterocycles. The van der Waals surface area contributed by atoms with Crippen molar-refractivity contribution in [1.29, 1.82) is 0 Å². The second-order valence-electron chi connectivity index (χ2n) is 8.08. The quantitative estimate of drug-likeness (QED) is 0.699. The van der Waals surface area contributed by atoms with Crippen LogP contribution in [-0.2, 0) is 6.42 Å². The van der Waals surface area contributed by atoms with Gasteiger partial charge in [0.05, 0.1) is 5.56 Å². The van der Waals surface area contributed by atoms with Crippen molar-refractivity contribution in [2.24, 2.45) is 5.92 Å². The fourth-order valence-corrected chi connectivity index (χ4v) is 4.45. The Kier molecular flexibility index (Phi) is 5.10. The number of carbonyl (C=O) groups is 1. The number of carbonyl (C=O) groups excluding carboxylic acids is 1. The summed E-state index contributed by atoms with van der Waals surface area (Å²) in [4.78, 5) is 21.7. The molecule has 1 amide bonds. The molecule has 0 spiro atoms. The molecule has 0 radical (unpaired) electrons. The van der Waals surface area contributed by atoms with Crippen molar-refractivity contribution in [2.45, 2.75) is 12.8 Å². The summed E-state index contributed by atoms with van der Waals surface area (Å²) in [5.41, 5.74) is 4.19. The first-order valence-electron chi connectivity index (χ1n) is 10.7. The maximum absolute atomic E-state index is 12.9. The summed E-state index contributed by atoms with van der Waals surface area (Å²) in [5.74, 6) is 1.44. The Balaban J connectivity index is 1.17. The highest BCUT2D eigenvalue weighted by Gasteiger charge is 2.25. The number of nitrogens with one attached hydrogen (secondary N) is 1. The Morgan fingerprint density at radius 2 is 1.83 bits per heavy atom. The second-order valence-corrected chi connectivity index (χ2v) is 8.08. The normalized spacial score (nSPS) is 17.8. The van der Waals surface area contributed by atoms with Crippen molar-refractivity contribution >= 4 is 23.1 Å². The van der Waals surface area contributed by atoms with Gasteiger partial charge in [0.15, 0.2) is 0 Å². The molecule has 1 fully saturated rings. The molecule has 0 bridgehead atoms. The first kappa shape index (κ1) is 18.7. The number of para-hydroxylation sites is 2. The highest BCUT2D eigenvalue weighted by atomic mass is 16.2. The van der Waals surface area contributed by atoms with Gasteiger partial charge in [-0.05, 0) is 54.7 Å². The van der Waals surface area contributed by atoms with E-state index in [-0.39, 0.29) is 5.91 Å². The molecule has 30 heavy (non-hydrogen) atoms. The van der Waals surface area contributed by atoms with Crippen molar-refractivity contribution in [3.63, 3.8) is 0 Å². The van der Waals surface area contributed by atoms with Gasteiger partial charge in [-0.2, -0.15) is 0 Å². The highest BCUT2D eigenvalue weighted by Crippen LogP contribution is 2.29. The van der Waals surface area contributed by atoms with Gasteiger partial charge in [-0.1, -0.05) is 36.4 Å². The molecule has 1 aromatic heterocycles. The van der Waals surface area contributed by atoms with E-state index in [1.165, 1.54) is 17.7 Å². The Hall–Kier alpha value is -3.34. The molecule has 2 aliphatic rings. The lowest BCUT2D eigenvalue weighted by Gasteiger charge is -2.19. The van der Waals surface area contributed by atoms with Crippen molar-refractivity contribution in [1.82, 2.24) is 4.98 Å². The fourth-order valence-electron chi connectivity index (χ4n) is 4.45. The number of fused-ring (bicyclic) bond motifs is 1. The second kappa shape index (κ2) is 8.19. The van der Waals surface area contributed by atoms with Crippen LogP contribution in [0.2, 0.25) is 0 Å². The average Bonchev–Trinajstić information content (AvgIpc) is 3.46.